The Kier molecular flexibility index (Phi) is 4.21. The summed E-state index contributed by atoms with van der Waals surface area (Å²) < 4.78 is 0. The predicted molar refractivity (Wildman–Crippen MR) is 90.3 cm³/mol. The average molecular weight is 299 g/mol. The molecule has 1 unspecified atom stereocenters. The van der Waals surface area contributed by atoms with Gasteiger partial charge in [-0.1, -0.05) is 26.0 Å². The van der Waals surface area contributed by atoms with Crippen LogP contribution in [0.4, 0.5) is 0 Å². The minimum Gasteiger partial charge on any atom is -0.351 e. The molecule has 1 amide bonds. The van der Waals surface area contributed by atoms with Crippen molar-refractivity contribution in [2.24, 2.45) is 5.92 Å². The van der Waals surface area contributed by atoms with Gasteiger partial charge in [0.15, 0.2) is 0 Å². The van der Waals surface area contributed by atoms with E-state index in [0.29, 0.717) is 17.5 Å². The average Bonchev–Trinajstić information content (AvgIpc) is 3.09. The third-order valence-corrected chi connectivity index (χ3v) is 4.60. The fourth-order valence-electron chi connectivity index (χ4n) is 3.15. The van der Waals surface area contributed by atoms with E-state index in [4.69, 9.17) is 0 Å². The Hall–Kier alpha value is -1.81. The molecular formula is C18H25N3O. The molecule has 4 nitrogen and oxygen atoms in total. The number of H-pyrrole nitrogens is 1. The molecule has 0 aliphatic carbocycles. The maximum absolute atomic E-state index is 12.3. The van der Waals surface area contributed by atoms with Gasteiger partial charge >= 0.3 is 0 Å². The first-order valence-corrected chi connectivity index (χ1v) is 8.12. The van der Waals surface area contributed by atoms with Crippen molar-refractivity contribution in [1.82, 2.24) is 15.2 Å². The van der Waals surface area contributed by atoms with Crippen LogP contribution in [0, 0.1) is 5.92 Å². The topological polar surface area (TPSA) is 48.1 Å². The monoisotopic (exact) mass is 299 g/mol. The minimum absolute atomic E-state index is 0.00292. The van der Waals surface area contributed by atoms with Crippen molar-refractivity contribution in [3.8, 4) is 0 Å². The third kappa shape index (κ3) is 3.17. The number of nitrogens with zero attached hydrogens (tertiary/aromatic N) is 1. The van der Waals surface area contributed by atoms with Crippen LogP contribution in [0.25, 0.3) is 10.9 Å². The van der Waals surface area contributed by atoms with Gasteiger partial charge in [0.05, 0.1) is 0 Å². The van der Waals surface area contributed by atoms with Gasteiger partial charge < -0.3 is 15.2 Å². The van der Waals surface area contributed by atoms with E-state index in [1.807, 2.05) is 6.07 Å². The molecule has 2 N–H and O–H groups in total. The normalized spacial score (nSPS) is 19.2. The molecule has 0 spiro atoms. The van der Waals surface area contributed by atoms with E-state index in [1.54, 1.807) is 0 Å². The van der Waals surface area contributed by atoms with Crippen molar-refractivity contribution < 1.29 is 4.79 Å². The fourth-order valence-corrected chi connectivity index (χ4v) is 3.15. The van der Waals surface area contributed by atoms with Crippen molar-refractivity contribution in [1.29, 1.82) is 0 Å². The summed E-state index contributed by atoms with van der Waals surface area (Å²) in [5.74, 6) is 1.06. The van der Waals surface area contributed by atoms with Gasteiger partial charge in [-0.25, -0.2) is 0 Å². The number of hydrogen-bond acceptors (Lipinski definition) is 2. The summed E-state index contributed by atoms with van der Waals surface area (Å²) in [7, 11) is 2.13. The van der Waals surface area contributed by atoms with Crippen molar-refractivity contribution >= 4 is 16.8 Å². The molecule has 2 aromatic rings. The highest BCUT2D eigenvalue weighted by molar-refractivity contribution is 5.98. The molecule has 1 saturated heterocycles. The van der Waals surface area contributed by atoms with Crippen LogP contribution >= 0.6 is 0 Å². The van der Waals surface area contributed by atoms with Crippen molar-refractivity contribution in [3.63, 3.8) is 0 Å². The zero-order chi connectivity index (χ0) is 15.7. The van der Waals surface area contributed by atoms with E-state index >= 15 is 0 Å². The first-order valence-electron chi connectivity index (χ1n) is 8.12. The summed E-state index contributed by atoms with van der Waals surface area (Å²) in [6.45, 7) is 7.32. The Labute approximate surface area is 131 Å². The van der Waals surface area contributed by atoms with E-state index in [9.17, 15) is 4.79 Å². The van der Waals surface area contributed by atoms with Crippen LogP contribution < -0.4 is 5.32 Å². The number of hydrogen-bond donors (Lipinski definition) is 2. The number of likely N-dealkylation sites (tertiary alicyclic amines) is 1. The summed E-state index contributed by atoms with van der Waals surface area (Å²) in [5.41, 5.74) is 2.98. The van der Waals surface area contributed by atoms with Gasteiger partial charge in [0.1, 0.15) is 5.69 Å². The lowest BCUT2D eigenvalue weighted by molar-refractivity contribution is 0.0943. The van der Waals surface area contributed by atoms with Gasteiger partial charge in [-0.15, -0.1) is 0 Å². The summed E-state index contributed by atoms with van der Waals surface area (Å²) >= 11 is 0. The van der Waals surface area contributed by atoms with Crippen LogP contribution in [-0.4, -0.2) is 42.5 Å². The molecule has 3 rings (SSSR count). The van der Waals surface area contributed by atoms with Gasteiger partial charge in [-0.2, -0.15) is 0 Å². The van der Waals surface area contributed by atoms with E-state index in [0.717, 1.165) is 30.5 Å². The van der Waals surface area contributed by atoms with E-state index in [1.165, 1.54) is 12.0 Å². The SMILES string of the molecule is CC(C)c1ccc2cc(C(=O)NCC3CCN(C)C3)[nH]c2c1. The maximum atomic E-state index is 12.3. The van der Waals surface area contributed by atoms with E-state index < -0.39 is 0 Å². The number of amides is 1. The molecule has 1 atom stereocenters. The maximum Gasteiger partial charge on any atom is 0.267 e. The van der Waals surface area contributed by atoms with Crippen molar-refractivity contribution in [3.05, 3.63) is 35.5 Å². The standard InChI is InChI=1S/C18H25N3O/c1-12(2)14-4-5-15-9-17(20-16(15)8-14)18(22)19-10-13-6-7-21(3)11-13/h4-5,8-9,12-13,20H,6-7,10-11H2,1-3H3,(H,19,22). The lowest BCUT2D eigenvalue weighted by atomic mass is 10.0. The molecule has 0 saturated carbocycles. The van der Waals surface area contributed by atoms with E-state index in [-0.39, 0.29) is 5.91 Å². The first-order chi connectivity index (χ1) is 10.5. The molecule has 2 heterocycles. The molecule has 1 aromatic heterocycles. The second-order valence-electron chi connectivity index (χ2n) is 6.81. The Morgan fingerprint density at radius 3 is 2.91 bits per heavy atom. The van der Waals surface area contributed by atoms with Crippen LogP contribution in [0.15, 0.2) is 24.3 Å². The number of benzene rings is 1. The number of rotatable bonds is 4. The van der Waals surface area contributed by atoms with Gasteiger partial charge in [0, 0.05) is 24.0 Å². The van der Waals surface area contributed by atoms with Crippen molar-refractivity contribution in [2.45, 2.75) is 26.2 Å². The Bertz CT molecular complexity index is 674. The summed E-state index contributed by atoms with van der Waals surface area (Å²) in [6.07, 6.45) is 1.17. The number of nitrogens with one attached hydrogen (secondary N) is 2. The summed E-state index contributed by atoms with van der Waals surface area (Å²) in [5, 5.41) is 4.16. The second kappa shape index (κ2) is 6.13. The first kappa shape index (κ1) is 15.1. The molecular weight excluding hydrogens is 274 g/mol. The Morgan fingerprint density at radius 1 is 1.41 bits per heavy atom. The molecule has 1 aliphatic heterocycles. The highest BCUT2D eigenvalue weighted by Gasteiger charge is 2.20. The van der Waals surface area contributed by atoms with Crippen LogP contribution in [0.2, 0.25) is 0 Å². The molecule has 118 valence electrons. The Morgan fingerprint density at radius 2 is 2.23 bits per heavy atom. The lowest BCUT2D eigenvalue weighted by Crippen LogP contribution is -2.30. The number of fused-ring (bicyclic) bond motifs is 1. The predicted octanol–water partition coefficient (Wildman–Crippen LogP) is 2.97. The second-order valence-corrected chi connectivity index (χ2v) is 6.81. The zero-order valence-corrected chi connectivity index (χ0v) is 13.6. The largest absolute Gasteiger partial charge is 0.351 e. The van der Waals surface area contributed by atoms with Crippen LogP contribution in [0.3, 0.4) is 0 Å². The molecule has 0 bridgehead atoms. The van der Waals surface area contributed by atoms with Gasteiger partial charge in [-0.3, -0.25) is 4.79 Å². The highest BCUT2D eigenvalue weighted by Crippen LogP contribution is 2.22. The number of aromatic amines is 1. The fraction of sp³-hybridized carbons (Fsp3) is 0.500. The Balaban J connectivity index is 1.68. The number of carbonyl (C=O) groups excluding carboxylic acids is 1. The van der Waals surface area contributed by atoms with Gasteiger partial charge in [0.25, 0.3) is 5.91 Å². The van der Waals surface area contributed by atoms with Crippen LogP contribution in [-0.2, 0) is 0 Å². The quantitative estimate of drug-likeness (QED) is 0.912. The highest BCUT2D eigenvalue weighted by atomic mass is 16.1. The van der Waals surface area contributed by atoms with Crippen molar-refractivity contribution in [2.75, 3.05) is 26.7 Å². The van der Waals surface area contributed by atoms with Gasteiger partial charge in [-0.05, 0) is 49.5 Å². The summed E-state index contributed by atoms with van der Waals surface area (Å²) in [6, 6.07) is 8.30. The summed E-state index contributed by atoms with van der Waals surface area (Å²) in [4.78, 5) is 17.9. The minimum atomic E-state index is -0.00292. The molecule has 1 fully saturated rings. The molecule has 0 radical (unpaired) electrons. The smallest absolute Gasteiger partial charge is 0.267 e. The molecule has 4 heteroatoms. The molecule has 1 aromatic carbocycles. The zero-order valence-electron chi connectivity index (χ0n) is 13.6. The third-order valence-electron chi connectivity index (χ3n) is 4.60. The van der Waals surface area contributed by atoms with E-state index in [2.05, 4.69) is 54.3 Å². The number of carbonyl (C=O) groups is 1. The lowest BCUT2D eigenvalue weighted by Gasteiger charge is -2.11. The number of aromatic nitrogens is 1. The molecule has 1 aliphatic rings. The molecule has 22 heavy (non-hydrogen) atoms. The van der Waals surface area contributed by atoms with Gasteiger partial charge in [0.2, 0.25) is 0 Å². The van der Waals surface area contributed by atoms with Crippen LogP contribution in [0.5, 0.6) is 0 Å². The van der Waals surface area contributed by atoms with Crippen LogP contribution in [0.1, 0.15) is 42.2 Å².